The normalized spacial score (nSPS) is 17.2. The van der Waals surface area contributed by atoms with E-state index in [-0.39, 0.29) is 6.04 Å². The molecule has 0 spiro atoms. The second kappa shape index (κ2) is 6.93. The van der Waals surface area contributed by atoms with Crippen molar-refractivity contribution < 1.29 is 4.74 Å². The first-order chi connectivity index (χ1) is 14.1. The van der Waals surface area contributed by atoms with Crippen LogP contribution in [0.5, 0.6) is 0 Å². The van der Waals surface area contributed by atoms with Gasteiger partial charge in [0.2, 0.25) is 0 Å². The van der Waals surface area contributed by atoms with Gasteiger partial charge in [0.25, 0.3) is 0 Å². The van der Waals surface area contributed by atoms with E-state index >= 15 is 0 Å². The Kier molecular flexibility index (Phi) is 4.24. The molecule has 4 aromatic heterocycles. The average Bonchev–Trinajstić information content (AvgIpc) is 3.34. The molecule has 1 N–H and O–H groups in total. The van der Waals surface area contributed by atoms with Crippen LogP contribution >= 0.6 is 0 Å². The monoisotopic (exact) mass is 390 g/mol. The first-order valence-corrected chi connectivity index (χ1v) is 9.64. The number of anilines is 1. The van der Waals surface area contributed by atoms with E-state index in [2.05, 4.69) is 32.1 Å². The number of pyridine rings is 1. The molecule has 1 aliphatic rings. The SMILES string of the molecule is Cc1nnn(C)c1-c1cc(N2CCOCC2C)nc(-c2ccnc3[nH]ccc23)n1. The number of aromatic amines is 1. The summed E-state index contributed by atoms with van der Waals surface area (Å²) in [6.45, 7) is 6.24. The predicted octanol–water partition coefficient (Wildman–Crippen LogP) is 2.35. The van der Waals surface area contributed by atoms with Gasteiger partial charge in [0.05, 0.1) is 30.6 Å². The van der Waals surface area contributed by atoms with Gasteiger partial charge in [0.1, 0.15) is 17.2 Å². The number of ether oxygens (including phenoxy) is 1. The standard InChI is InChI=1S/C20H22N8O/c1-12-11-29-9-8-28(12)17-10-16(18-13(2)25-26-27(18)3)23-20(24-17)15-5-7-22-19-14(15)4-6-21-19/h4-7,10,12H,8-9,11H2,1-3H3,(H,21,22). The third-order valence-electron chi connectivity index (χ3n) is 5.31. The van der Waals surface area contributed by atoms with Gasteiger partial charge in [-0.3, -0.25) is 0 Å². The van der Waals surface area contributed by atoms with Crippen LogP contribution in [0.15, 0.2) is 30.6 Å². The summed E-state index contributed by atoms with van der Waals surface area (Å²) in [5, 5.41) is 9.34. The molecule has 9 heteroatoms. The smallest absolute Gasteiger partial charge is 0.163 e. The Bertz CT molecular complexity index is 1160. The van der Waals surface area contributed by atoms with E-state index in [4.69, 9.17) is 14.7 Å². The lowest BCUT2D eigenvalue weighted by Crippen LogP contribution is -2.44. The summed E-state index contributed by atoms with van der Waals surface area (Å²) in [5.41, 5.74) is 4.27. The summed E-state index contributed by atoms with van der Waals surface area (Å²) >= 11 is 0. The first-order valence-electron chi connectivity index (χ1n) is 9.64. The van der Waals surface area contributed by atoms with Gasteiger partial charge in [-0.15, -0.1) is 5.10 Å². The molecule has 5 rings (SSSR count). The van der Waals surface area contributed by atoms with Gasteiger partial charge in [-0.1, -0.05) is 5.21 Å². The van der Waals surface area contributed by atoms with Gasteiger partial charge in [-0.2, -0.15) is 0 Å². The van der Waals surface area contributed by atoms with Gasteiger partial charge in [0, 0.05) is 43.0 Å². The summed E-state index contributed by atoms with van der Waals surface area (Å²) < 4.78 is 7.37. The lowest BCUT2D eigenvalue weighted by atomic mass is 10.1. The molecule has 4 aromatic rings. The molecule has 1 fully saturated rings. The Labute approximate surface area is 167 Å². The van der Waals surface area contributed by atoms with E-state index in [9.17, 15) is 0 Å². The van der Waals surface area contributed by atoms with E-state index in [1.165, 1.54) is 0 Å². The lowest BCUT2D eigenvalue weighted by molar-refractivity contribution is 0.0985. The fraction of sp³-hybridized carbons (Fsp3) is 0.350. The number of nitrogens with zero attached hydrogens (tertiary/aromatic N) is 7. The maximum Gasteiger partial charge on any atom is 0.163 e. The van der Waals surface area contributed by atoms with Crippen molar-refractivity contribution in [1.82, 2.24) is 34.9 Å². The number of aryl methyl sites for hydroxylation is 2. The molecule has 0 aliphatic carbocycles. The fourth-order valence-electron chi connectivity index (χ4n) is 3.86. The summed E-state index contributed by atoms with van der Waals surface area (Å²) in [4.78, 5) is 19.7. The van der Waals surface area contributed by atoms with Crippen LogP contribution < -0.4 is 4.90 Å². The number of aromatic nitrogens is 7. The molecule has 0 aromatic carbocycles. The number of nitrogens with one attached hydrogen (secondary N) is 1. The maximum atomic E-state index is 5.61. The Morgan fingerprint density at radius 1 is 1.24 bits per heavy atom. The van der Waals surface area contributed by atoms with E-state index in [0.29, 0.717) is 19.0 Å². The summed E-state index contributed by atoms with van der Waals surface area (Å²) in [6, 6.07) is 6.21. The molecule has 1 saturated heterocycles. The van der Waals surface area contributed by atoms with Crippen LogP contribution in [0.2, 0.25) is 0 Å². The Morgan fingerprint density at radius 3 is 2.93 bits per heavy atom. The van der Waals surface area contributed by atoms with Crippen molar-refractivity contribution >= 4 is 16.9 Å². The van der Waals surface area contributed by atoms with E-state index in [1.54, 1.807) is 10.9 Å². The zero-order valence-electron chi connectivity index (χ0n) is 16.6. The molecule has 1 atom stereocenters. The zero-order chi connectivity index (χ0) is 20.0. The van der Waals surface area contributed by atoms with Crippen LogP contribution in [-0.2, 0) is 11.8 Å². The highest BCUT2D eigenvalue weighted by Gasteiger charge is 2.24. The molecular formula is C20H22N8O. The topological polar surface area (TPSA) is 97.6 Å². The molecule has 148 valence electrons. The van der Waals surface area contributed by atoms with Crippen molar-refractivity contribution in [1.29, 1.82) is 0 Å². The van der Waals surface area contributed by atoms with Crippen molar-refractivity contribution in [2.24, 2.45) is 7.05 Å². The number of hydrogen-bond donors (Lipinski definition) is 1. The van der Waals surface area contributed by atoms with Crippen LogP contribution in [0.25, 0.3) is 33.8 Å². The minimum Gasteiger partial charge on any atom is -0.377 e. The van der Waals surface area contributed by atoms with Crippen LogP contribution in [0.3, 0.4) is 0 Å². The third kappa shape index (κ3) is 3.03. The number of fused-ring (bicyclic) bond motifs is 1. The van der Waals surface area contributed by atoms with Crippen molar-refractivity contribution in [3.63, 3.8) is 0 Å². The molecule has 9 nitrogen and oxygen atoms in total. The van der Waals surface area contributed by atoms with Crippen molar-refractivity contribution in [3.8, 4) is 22.8 Å². The summed E-state index contributed by atoms with van der Waals surface area (Å²) in [5.74, 6) is 1.53. The fourth-order valence-corrected chi connectivity index (χ4v) is 3.86. The highest BCUT2D eigenvalue weighted by Crippen LogP contribution is 2.31. The van der Waals surface area contributed by atoms with Gasteiger partial charge in [-0.05, 0) is 26.0 Å². The van der Waals surface area contributed by atoms with E-state index in [0.717, 1.165) is 46.0 Å². The molecule has 1 aliphatic heterocycles. The second-order valence-corrected chi connectivity index (χ2v) is 7.30. The zero-order valence-corrected chi connectivity index (χ0v) is 16.6. The van der Waals surface area contributed by atoms with Gasteiger partial charge in [0.15, 0.2) is 5.82 Å². The predicted molar refractivity (Wildman–Crippen MR) is 109 cm³/mol. The third-order valence-corrected chi connectivity index (χ3v) is 5.31. The Balaban J connectivity index is 1.73. The molecular weight excluding hydrogens is 368 g/mol. The molecule has 0 amide bonds. The Morgan fingerprint density at radius 2 is 2.14 bits per heavy atom. The quantitative estimate of drug-likeness (QED) is 0.573. The van der Waals surface area contributed by atoms with Gasteiger partial charge in [-0.25, -0.2) is 19.6 Å². The summed E-state index contributed by atoms with van der Waals surface area (Å²) in [7, 11) is 1.88. The molecule has 0 saturated carbocycles. The van der Waals surface area contributed by atoms with Crippen LogP contribution in [0, 0.1) is 6.92 Å². The lowest BCUT2D eigenvalue weighted by Gasteiger charge is -2.34. The van der Waals surface area contributed by atoms with Crippen molar-refractivity contribution in [2.45, 2.75) is 19.9 Å². The molecule has 0 bridgehead atoms. The van der Waals surface area contributed by atoms with Crippen molar-refractivity contribution in [3.05, 3.63) is 36.3 Å². The first kappa shape index (κ1) is 17.7. The molecule has 29 heavy (non-hydrogen) atoms. The minimum atomic E-state index is 0.231. The minimum absolute atomic E-state index is 0.231. The van der Waals surface area contributed by atoms with E-state index in [1.807, 2.05) is 38.4 Å². The number of hydrogen-bond acceptors (Lipinski definition) is 7. The largest absolute Gasteiger partial charge is 0.377 e. The Hall–Kier alpha value is -3.33. The number of morpholine rings is 1. The summed E-state index contributed by atoms with van der Waals surface area (Å²) in [6.07, 6.45) is 3.66. The molecule has 5 heterocycles. The number of rotatable bonds is 3. The molecule has 0 radical (unpaired) electrons. The average molecular weight is 390 g/mol. The molecule has 1 unspecified atom stereocenters. The van der Waals surface area contributed by atoms with Gasteiger partial charge >= 0.3 is 0 Å². The van der Waals surface area contributed by atoms with Crippen LogP contribution in [0.1, 0.15) is 12.6 Å². The highest BCUT2D eigenvalue weighted by atomic mass is 16.5. The van der Waals surface area contributed by atoms with Gasteiger partial charge < -0.3 is 14.6 Å². The second-order valence-electron chi connectivity index (χ2n) is 7.30. The number of H-pyrrole nitrogens is 1. The van der Waals surface area contributed by atoms with Crippen LogP contribution in [0.4, 0.5) is 5.82 Å². The van der Waals surface area contributed by atoms with Crippen molar-refractivity contribution in [2.75, 3.05) is 24.7 Å². The maximum absolute atomic E-state index is 5.61. The highest BCUT2D eigenvalue weighted by molar-refractivity contribution is 5.91. The van der Waals surface area contributed by atoms with E-state index < -0.39 is 0 Å². The van der Waals surface area contributed by atoms with Crippen LogP contribution in [-0.4, -0.2) is 60.7 Å².